The van der Waals surface area contributed by atoms with Crippen LogP contribution in [0.15, 0.2) is 36.5 Å². The molecule has 0 saturated heterocycles. The van der Waals surface area contributed by atoms with E-state index in [0.29, 0.717) is 6.42 Å². The molecule has 0 heterocycles. The first-order valence-electron chi connectivity index (χ1n) is 20.8. The standard InChI is InChI=1S/C43H81NO4/c1-3-5-7-9-11-13-15-16-17-18-19-20-21-22-23-24-25-26-27-28-30-31-33-35-37-41(46)40(39-45)44-43(48)42(47)38-36-34-32-29-14-12-10-8-6-4-2/h24-25,28,30,35,37,40-42,45-47H,3-23,26-27,29,31-34,36,38-39H2,1-2H3,(H,44,48)/b25-24+,30-28+,37-35+. The van der Waals surface area contributed by atoms with Gasteiger partial charge in [-0.15, -0.1) is 0 Å². The van der Waals surface area contributed by atoms with E-state index in [2.05, 4.69) is 43.5 Å². The van der Waals surface area contributed by atoms with Gasteiger partial charge in [0.1, 0.15) is 6.10 Å². The molecular formula is C43H81NO4. The number of amides is 1. The zero-order valence-corrected chi connectivity index (χ0v) is 31.9. The van der Waals surface area contributed by atoms with Gasteiger partial charge in [-0.2, -0.15) is 0 Å². The third-order valence-electron chi connectivity index (χ3n) is 9.46. The fourth-order valence-corrected chi connectivity index (χ4v) is 6.16. The molecule has 0 saturated carbocycles. The number of nitrogens with one attached hydrogen (secondary N) is 1. The van der Waals surface area contributed by atoms with Crippen LogP contribution in [0.5, 0.6) is 0 Å². The first kappa shape index (κ1) is 46.6. The summed E-state index contributed by atoms with van der Waals surface area (Å²) < 4.78 is 0. The van der Waals surface area contributed by atoms with Crippen molar-refractivity contribution >= 4 is 5.91 Å². The van der Waals surface area contributed by atoms with Crippen molar-refractivity contribution in [2.75, 3.05) is 6.61 Å². The molecule has 5 heteroatoms. The lowest BCUT2D eigenvalue weighted by Gasteiger charge is -2.21. The van der Waals surface area contributed by atoms with E-state index in [9.17, 15) is 20.1 Å². The number of aliphatic hydroxyl groups is 3. The Morgan fingerprint density at radius 1 is 0.500 bits per heavy atom. The van der Waals surface area contributed by atoms with E-state index in [0.717, 1.165) is 44.9 Å². The second kappa shape index (κ2) is 38.4. The van der Waals surface area contributed by atoms with E-state index < -0.39 is 24.2 Å². The lowest BCUT2D eigenvalue weighted by Crippen LogP contribution is -2.48. The van der Waals surface area contributed by atoms with Gasteiger partial charge >= 0.3 is 0 Å². The van der Waals surface area contributed by atoms with E-state index in [1.165, 1.54) is 141 Å². The van der Waals surface area contributed by atoms with Gasteiger partial charge in [-0.3, -0.25) is 4.79 Å². The second-order valence-electron chi connectivity index (χ2n) is 14.2. The molecule has 48 heavy (non-hydrogen) atoms. The molecule has 3 atom stereocenters. The van der Waals surface area contributed by atoms with Gasteiger partial charge in [-0.1, -0.05) is 198 Å². The summed E-state index contributed by atoms with van der Waals surface area (Å²) in [5.41, 5.74) is 0. The monoisotopic (exact) mass is 676 g/mol. The maximum absolute atomic E-state index is 12.4. The van der Waals surface area contributed by atoms with Crippen molar-refractivity contribution in [1.29, 1.82) is 0 Å². The average Bonchev–Trinajstić information content (AvgIpc) is 3.09. The number of hydrogen-bond acceptors (Lipinski definition) is 4. The predicted molar refractivity (Wildman–Crippen MR) is 208 cm³/mol. The summed E-state index contributed by atoms with van der Waals surface area (Å²) in [5.74, 6) is -0.519. The van der Waals surface area contributed by atoms with E-state index >= 15 is 0 Å². The Kier molecular flexibility index (Phi) is 37.2. The van der Waals surface area contributed by atoms with Crippen molar-refractivity contribution in [1.82, 2.24) is 5.32 Å². The molecule has 0 aliphatic carbocycles. The molecule has 1 amide bonds. The zero-order valence-electron chi connectivity index (χ0n) is 31.9. The van der Waals surface area contributed by atoms with Crippen molar-refractivity contribution in [2.45, 2.75) is 225 Å². The molecule has 0 fully saturated rings. The molecule has 0 radical (unpaired) electrons. The Hall–Kier alpha value is -1.43. The Balaban J connectivity index is 3.72. The van der Waals surface area contributed by atoms with E-state index in [4.69, 9.17) is 0 Å². The van der Waals surface area contributed by atoms with Crippen LogP contribution in [0.2, 0.25) is 0 Å². The van der Waals surface area contributed by atoms with Gasteiger partial charge < -0.3 is 20.6 Å². The second-order valence-corrected chi connectivity index (χ2v) is 14.2. The molecule has 0 spiro atoms. The topological polar surface area (TPSA) is 89.8 Å². The summed E-state index contributed by atoms with van der Waals surface area (Å²) in [4.78, 5) is 12.4. The van der Waals surface area contributed by atoms with E-state index in [1.807, 2.05) is 6.08 Å². The lowest BCUT2D eigenvalue weighted by molar-refractivity contribution is -0.131. The van der Waals surface area contributed by atoms with Crippen LogP contribution in [0.1, 0.15) is 206 Å². The highest BCUT2D eigenvalue weighted by molar-refractivity contribution is 5.80. The fraction of sp³-hybridized carbons (Fsp3) is 0.837. The van der Waals surface area contributed by atoms with Crippen LogP contribution in [0.3, 0.4) is 0 Å². The van der Waals surface area contributed by atoms with Crippen LogP contribution in [-0.2, 0) is 4.79 Å². The predicted octanol–water partition coefficient (Wildman–Crippen LogP) is 11.6. The van der Waals surface area contributed by atoms with Crippen LogP contribution in [0.25, 0.3) is 0 Å². The fourth-order valence-electron chi connectivity index (χ4n) is 6.16. The highest BCUT2D eigenvalue weighted by atomic mass is 16.3. The average molecular weight is 676 g/mol. The van der Waals surface area contributed by atoms with Gasteiger partial charge in [0.25, 0.3) is 0 Å². The van der Waals surface area contributed by atoms with Crippen LogP contribution in [-0.4, -0.2) is 46.1 Å². The Bertz CT molecular complexity index is 749. The number of rotatable bonds is 37. The molecule has 0 aromatic carbocycles. The van der Waals surface area contributed by atoms with Crippen molar-refractivity contribution in [3.8, 4) is 0 Å². The van der Waals surface area contributed by atoms with Gasteiger partial charge in [-0.05, 0) is 44.9 Å². The minimum atomic E-state index is -1.10. The lowest BCUT2D eigenvalue weighted by atomic mass is 10.0. The maximum atomic E-state index is 12.4. The zero-order chi connectivity index (χ0) is 35.2. The smallest absolute Gasteiger partial charge is 0.249 e. The largest absolute Gasteiger partial charge is 0.394 e. The summed E-state index contributed by atoms with van der Waals surface area (Å²) in [6, 6.07) is -0.817. The van der Waals surface area contributed by atoms with Crippen molar-refractivity contribution in [3.63, 3.8) is 0 Å². The molecule has 282 valence electrons. The van der Waals surface area contributed by atoms with Crippen LogP contribution >= 0.6 is 0 Å². The van der Waals surface area contributed by atoms with Crippen LogP contribution < -0.4 is 5.32 Å². The molecule has 4 N–H and O–H groups in total. The Morgan fingerprint density at radius 3 is 1.27 bits per heavy atom. The normalized spacial score (nSPS) is 14.0. The molecule has 0 aliphatic heterocycles. The summed E-state index contributed by atoms with van der Waals surface area (Å²) in [7, 11) is 0. The van der Waals surface area contributed by atoms with Crippen molar-refractivity contribution in [3.05, 3.63) is 36.5 Å². The summed E-state index contributed by atoms with van der Waals surface area (Å²) in [5, 5.41) is 32.9. The SMILES string of the molecule is CCCCCCCCCCCCCCCC/C=C/CC/C=C/CC/C=C/C(O)C(CO)NC(=O)C(O)CCCCCCCCCCCC. The quantitative estimate of drug-likeness (QED) is 0.0390. The Morgan fingerprint density at radius 2 is 0.854 bits per heavy atom. The minimum Gasteiger partial charge on any atom is -0.394 e. The number of carbonyl (C=O) groups is 1. The summed E-state index contributed by atoms with van der Waals surface area (Å²) in [6.45, 7) is 4.14. The first-order valence-corrected chi connectivity index (χ1v) is 20.8. The van der Waals surface area contributed by atoms with Gasteiger partial charge in [0.2, 0.25) is 5.91 Å². The maximum Gasteiger partial charge on any atom is 0.249 e. The Labute approximate surface area is 298 Å². The highest BCUT2D eigenvalue weighted by Gasteiger charge is 2.22. The number of unbranched alkanes of at least 4 members (excludes halogenated alkanes) is 25. The molecule has 0 rings (SSSR count). The van der Waals surface area contributed by atoms with E-state index in [1.54, 1.807) is 6.08 Å². The summed E-state index contributed by atoms with van der Waals surface area (Å²) >= 11 is 0. The summed E-state index contributed by atoms with van der Waals surface area (Å²) in [6.07, 6.45) is 47.6. The third-order valence-corrected chi connectivity index (χ3v) is 9.46. The van der Waals surface area contributed by atoms with E-state index in [-0.39, 0.29) is 6.61 Å². The van der Waals surface area contributed by atoms with Crippen LogP contribution in [0.4, 0.5) is 0 Å². The molecule has 0 bridgehead atoms. The van der Waals surface area contributed by atoms with Gasteiger partial charge in [0, 0.05) is 0 Å². The molecule has 3 unspecified atom stereocenters. The van der Waals surface area contributed by atoms with Gasteiger partial charge in [-0.25, -0.2) is 0 Å². The first-order chi connectivity index (χ1) is 23.6. The number of hydrogen-bond donors (Lipinski definition) is 4. The molecule has 0 aliphatic rings. The molecule has 5 nitrogen and oxygen atoms in total. The molecule has 0 aromatic heterocycles. The van der Waals surface area contributed by atoms with Gasteiger partial charge in [0.05, 0.1) is 18.8 Å². The highest BCUT2D eigenvalue weighted by Crippen LogP contribution is 2.14. The number of carbonyl (C=O) groups excluding carboxylic acids is 1. The van der Waals surface area contributed by atoms with Crippen molar-refractivity contribution < 1.29 is 20.1 Å². The molecular weight excluding hydrogens is 594 g/mol. The van der Waals surface area contributed by atoms with Gasteiger partial charge in [0.15, 0.2) is 0 Å². The number of allylic oxidation sites excluding steroid dienone is 5. The number of aliphatic hydroxyl groups excluding tert-OH is 3. The third kappa shape index (κ3) is 33.1. The minimum absolute atomic E-state index is 0.380. The van der Waals surface area contributed by atoms with Crippen molar-refractivity contribution in [2.24, 2.45) is 0 Å². The molecule has 0 aromatic rings. The van der Waals surface area contributed by atoms with Crippen LogP contribution in [0, 0.1) is 0 Å².